The van der Waals surface area contributed by atoms with Crippen LogP contribution >= 0.6 is 11.8 Å². The van der Waals surface area contributed by atoms with Gasteiger partial charge in [-0.05, 0) is 42.2 Å². The van der Waals surface area contributed by atoms with E-state index >= 15 is 0 Å². The van der Waals surface area contributed by atoms with Crippen LogP contribution < -0.4 is 15.3 Å². The zero-order chi connectivity index (χ0) is 19.9. The minimum atomic E-state index is 0.272. The normalized spacial score (nSPS) is 11.0. The Balaban J connectivity index is 1.54. The third-order valence-electron chi connectivity index (χ3n) is 4.21. The number of aryl methyl sites for hydroxylation is 1. The number of nitrogen functional groups attached to an aromatic ring is 1. The lowest BCUT2D eigenvalue weighted by Crippen LogP contribution is -2.16. The molecular formula is C21H26N4O2S. The molecule has 148 valence electrons. The number of rotatable bonds is 9. The van der Waals surface area contributed by atoms with Gasteiger partial charge in [-0.2, -0.15) is 0 Å². The van der Waals surface area contributed by atoms with Crippen molar-refractivity contribution < 1.29 is 9.47 Å². The van der Waals surface area contributed by atoms with Gasteiger partial charge in [0, 0.05) is 5.75 Å². The average molecular weight is 399 g/mol. The van der Waals surface area contributed by atoms with E-state index < -0.39 is 0 Å². The van der Waals surface area contributed by atoms with Crippen LogP contribution in [-0.4, -0.2) is 27.2 Å². The second kappa shape index (κ2) is 9.50. The Kier molecular flexibility index (Phi) is 6.81. The molecule has 2 N–H and O–H groups in total. The molecule has 28 heavy (non-hydrogen) atoms. The molecule has 0 saturated heterocycles. The van der Waals surface area contributed by atoms with Gasteiger partial charge in [-0.15, -0.1) is 10.2 Å². The first-order valence-corrected chi connectivity index (χ1v) is 10.3. The Morgan fingerprint density at radius 3 is 2.61 bits per heavy atom. The second-order valence-corrected chi connectivity index (χ2v) is 7.83. The number of nitrogens with two attached hydrogens (primary N) is 1. The highest BCUT2D eigenvalue weighted by molar-refractivity contribution is 7.99. The summed E-state index contributed by atoms with van der Waals surface area (Å²) in [6.45, 7) is 7.18. The van der Waals surface area contributed by atoms with Crippen molar-refractivity contribution in [2.24, 2.45) is 0 Å². The summed E-state index contributed by atoms with van der Waals surface area (Å²) in [5.41, 5.74) is 2.32. The average Bonchev–Trinajstić information content (AvgIpc) is 3.04. The van der Waals surface area contributed by atoms with Crippen LogP contribution in [0.2, 0.25) is 0 Å². The molecule has 0 aliphatic heterocycles. The van der Waals surface area contributed by atoms with Crippen molar-refractivity contribution in [1.29, 1.82) is 0 Å². The molecule has 3 rings (SSSR count). The molecule has 0 amide bonds. The lowest BCUT2D eigenvalue weighted by Gasteiger charge is -2.14. The smallest absolute Gasteiger partial charge is 0.210 e. The Morgan fingerprint density at radius 1 is 1.07 bits per heavy atom. The van der Waals surface area contributed by atoms with E-state index in [9.17, 15) is 0 Å². The fraction of sp³-hybridized carbons (Fsp3) is 0.333. The summed E-state index contributed by atoms with van der Waals surface area (Å²) in [4.78, 5) is 0. The number of aromatic nitrogens is 3. The molecule has 0 unspecified atom stereocenters. The predicted octanol–water partition coefficient (Wildman–Crippen LogP) is 4.17. The van der Waals surface area contributed by atoms with Crippen molar-refractivity contribution in [2.75, 3.05) is 18.2 Å². The van der Waals surface area contributed by atoms with Crippen molar-refractivity contribution in [2.45, 2.75) is 38.5 Å². The van der Waals surface area contributed by atoms with E-state index in [1.807, 2.05) is 36.4 Å². The number of para-hydroxylation sites is 1. The molecule has 0 aliphatic carbocycles. The first kappa shape index (κ1) is 20.1. The summed E-state index contributed by atoms with van der Waals surface area (Å²) in [6, 6.07) is 16.0. The van der Waals surface area contributed by atoms with Crippen LogP contribution in [0.3, 0.4) is 0 Å². The number of hydrogen-bond donors (Lipinski definition) is 1. The van der Waals surface area contributed by atoms with Crippen LogP contribution in [0.25, 0.3) is 0 Å². The van der Waals surface area contributed by atoms with E-state index in [4.69, 9.17) is 15.3 Å². The number of ether oxygens (including phenoxy) is 2. The van der Waals surface area contributed by atoms with E-state index in [1.165, 1.54) is 22.0 Å². The SMILES string of the molecule is Cc1ccc(C(C)C)c(OCc2nnc(SCCOc3ccccc3)n2N)c1. The molecule has 0 saturated carbocycles. The zero-order valence-corrected chi connectivity index (χ0v) is 17.3. The molecule has 0 radical (unpaired) electrons. The van der Waals surface area contributed by atoms with Gasteiger partial charge < -0.3 is 15.3 Å². The van der Waals surface area contributed by atoms with Gasteiger partial charge in [-0.1, -0.05) is 55.9 Å². The number of hydrogen-bond acceptors (Lipinski definition) is 6. The maximum atomic E-state index is 6.14. The maximum absolute atomic E-state index is 6.14. The third kappa shape index (κ3) is 5.19. The fourth-order valence-corrected chi connectivity index (χ4v) is 3.39. The molecule has 6 nitrogen and oxygen atoms in total. The van der Waals surface area contributed by atoms with Crippen LogP contribution in [0.4, 0.5) is 0 Å². The van der Waals surface area contributed by atoms with Crippen LogP contribution in [0, 0.1) is 6.92 Å². The van der Waals surface area contributed by atoms with Crippen LogP contribution in [0.5, 0.6) is 11.5 Å². The number of nitrogens with zero attached hydrogens (tertiary/aromatic N) is 3. The lowest BCUT2D eigenvalue weighted by molar-refractivity contribution is 0.287. The highest BCUT2D eigenvalue weighted by Crippen LogP contribution is 2.28. The Labute approximate surface area is 170 Å². The van der Waals surface area contributed by atoms with Crippen LogP contribution in [-0.2, 0) is 6.61 Å². The maximum Gasteiger partial charge on any atom is 0.210 e. The standard InChI is InChI=1S/C21H26N4O2S/c1-15(2)18-10-9-16(3)13-19(18)27-14-20-23-24-21(25(20)22)28-12-11-26-17-7-5-4-6-8-17/h4-10,13,15H,11-12,14,22H2,1-3H3. The molecule has 1 aromatic heterocycles. The van der Waals surface area contributed by atoms with Gasteiger partial charge in [-0.25, -0.2) is 4.68 Å². The van der Waals surface area contributed by atoms with Gasteiger partial charge in [0.25, 0.3) is 0 Å². The topological polar surface area (TPSA) is 75.2 Å². The van der Waals surface area contributed by atoms with Gasteiger partial charge in [0.05, 0.1) is 6.61 Å². The lowest BCUT2D eigenvalue weighted by atomic mass is 10.0. The Morgan fingerprint density at radius 2 is 1.86 bits per heavy atom. The molecule has 2 aromatic carbocycles. The van der Waals surface area contributed by atoms with Crippen molar-refractivity contribution in [1.82, 2.24) is 14.9 Å². The molecular weight excluding hydrogens is 372 g/mol. The van der Waals surface area contributed by atoms with Gasteiger partial charge in [-0.3, -0.25) is 0 Å². The van der Waals surface area contributed by atoms with Crippen molar-refractivity contribution in [3.8, 4) is 11.5 Å². The van der Waals surface area contributed by atoms with Crippen LogP contribution in [0.15, 0.2) is 53.7 Å². The predicted molar refractivity (Wildman–Crippen MR) is 112 cm³/mol. The zero-order valence-electron chi connectivity index (χ0n) is 16.5. The summed E-state index contributed by atoms with van der Waals surface area (Å²) >= 11 is 1.50. The minimum Gasteiger partial charge on any atom is -0.493 e. The van der Waals surface area contributed by atoms with Gasteiger partial charge in [0.2, 0.25) is 5.16 Å². The van der Waals surface area contributed by atoms with Gasteiger partial charge in [0.1, 0.15) is 18.1 Å². The molecule has 0 bridgehead atoms. The van der Waals surface area contributed by atoms with E-state index in [1.54, 1.807) is 0 Å². The fourth-order valence-electron chi connectivity index (χ4n) is 2.70. The van der Waals surface area contributed by atoms with Crippen molar-refractivity contribution in [3.05, 3.63) is 65.5 Å². The molecule has 1 heterocycles. The summed E-state index contributed by atoms with van der Waals surface area (Å²) in [5, 5.41) is 8.97. The summed E-state index contributed by atoms with van der Waals surface area (Å²) < 4.78 is 13.2. The first-order valence-electron chi connectivity index (χ1n) is 9.28. The van der Waals surface area contributed by atoms with E-state index in [2.05, 4.69) is 43.1 Å². The van der Waals surface area contributed by atoms with Crippen LogP contribution in [0.1, 0.15) is 36.7 Å². The summed E-state index contributed by atoms with van der Waals surface area (Å²) in [5.74, 6) is 9.54. The third-order valence-corrected chi connectivity index (χ3v) is 5.12. The molecule has 0 aliphatic rings. The van der Waals surface area contributed by atoms with Crippen molar-refractivity contribution >= 4 is 11.8 Å². The quantitative estimate of drug-likeness (QED) is 0.331. The number of benzene rings is 2. The van der Waals surface area contributed by atoms with Gasteiger partial charge in [0.15, 0.2) is 5.82 Å². The monoisotopic (exact) mass is 398 g/mol. The van der Waals surface area contributed by atoms with E-state index in [0.29, 0.717) is 23.5 Å². The van der Waals surface area contributed by atoms with Gasteiger partial charge >= 0.3 is 0 Å². The van der Waals surface area contributed by atoms with E-state index in [-0.39, 0.29) is 6.61 Å². The highest BCUT2D eigenvalue weighted by Gasteiger charge is 2.13. The number of thioether (sulfide) groups is 1. The first-order chi connectivity index (χ1) is 13.5. The second-order valence-electron chi connectivity index (χ2n) is 6.76. The largest absolute Gasteiger partial charge is 0.493 e. The Hall–Kier alpha value is -2.67. The summed E-state index contributed by atoms with van der Waals surface area (Å²) in [6.07, 6.45) is 0. The molecule has 0 fully saturated rings. The summed E-state index contributed by atoms with van der Waals surface area (Å²) in [7, 11) is 0. The molecule has 7 heteroatoms. The van der Waals surface area contributed by atoms with Crippen molar-refractivity contribution in [3.63, 3.8) is 0 Å². The minimum absolute atomic E-state index is 0.272. The highest BCUT2D eigenvalue weighted by atomic mass is 32.2. The van der Waals surface area contributed by atoms with E-state index in [0.717, 1.165) is 22.8 Å². The Bertz CT molecular complexity index is 897. The molecule has 0 spiro atoms. The molecule has 3 aromatic rings. The molecule has 0 atom stereocenters.